The Morgan fingerprint density at radius 2 is 2.07 bits per heavy atom. The van der Waals surface area contributed by atoms with Gasteiger partial charge in [-0.25, -0.2) is 4.98 Å². The van der Waals surface area contributed by atoms with Gasteiger partial charge < -0.3 is 9.32 Å². The van der Waals surface area contributed by atoms with Crippen molar-refractivity contribution in [1.29, 1.82) is 0 Å². The minimum atomic E-state index is 0.0327. The molecule has 3 heterocycles. The number of thioether (sulfide) groups is 1. The minimum Gasteiger partial charge on any atom is -0.418 e. The van der Waals surface area contributed by atoms with E-state index in [-0.39, 0.29) is 5.91 Å². The third-order valence-corrected chi connectivity index (χ3v) is 6.37. The Morgan fingerprint density at radius 1 is 1.20 bits per heavy atom. The van der Waals surface area contributed by atoms with Crippen LogP contribution in [0.15, 0.2) is 57.3 Å². The van der Waals surface area contributed by atoms with Crippen molar-refractivity contribution in [2.75, 3.05) is 12.3 Å². The summed E-state index contributed by atoms with van der Waals surface area (Å²) >= 11 is 3.00. The third kappa shape index (κ3) is 4.71. The average Bonchev–Trinajstić information content (AvgIpc) is 3.44. The quantitative estimate of drug-likeness (QED) is 0.353. The van der Waals surface area contributed by atoms with Gasteiger partial charge in [-0.2, -0.15) is 0 Å². The summed E-state index contributed by atoms with van der Waals surface area (Å²) in [5.74, 6) is 1.29. The van der Waals surface area contributed by atoms with Crippen LogP contribution >= 0.6 is 23.1 Å². The van der Waals surface area contributed by atoms with Gasteiger partial charge in [0, 0.05) is 11.9 Å². The second-order valence-electron chi connectivity index (χ2n) is 6.88. The smallest absolute Gasteiger partial charge is 0.257 e. The standard InChI is InChI=1S/C22H22N4O2S2/c1-3-10-26(13-19-24-25-22(28-19)18-9-6-11-29-18)21(27)14-30-20-12-15(2)16-7-4-5-8-17(16)23-20/h4-9,11-12H,3,10,13-14H2,1-2H3. The van der Waals surface area contributed by atoms with Crippen molar-refractivity contribution in [3.63, 3.8) is 0 Å². The van der Waals surface area contributed by atoms with Gasteiger partial charge in [-0.05, 0) is 42.5 Å². The number of pyridine rings is 1. The van der Waals surface area contributed by atoms with Gasteiger partial charge in [0.15, 0.2) is 0 Å². The molecule has 0 saturated heterocycles. The first kappa shape index (κ1) is 20.6. The highest BCUT2D eigenvalue weighted by Gasteiger charge is 2.18. The molecule has 154 valence electrons. The van der Waals surface area contributed by atoms with E-state index in [9.17, 15) is 4.79 Å². The van der Waals surface area contributed by atoms with Crippen LogP contribution in [0.5, 0.6) is 0 Å². The summed E-state index contributed by atoms with van der Waals surface area (Å²) in [6.07, 6.45) is 0.857. The summed E-state index contributed by atoms with van der Waals surface area (Å²) in [6, 6.07) is 14.0. The number of rotatable bonds is 8. The number of nitrogens with zero attached hydrogens (tertiary/aromatic N) is 4. The van der Waals surface area contributed by atoms with Gasteiger partial charge in [-0.1, -0.05) is 43.0 Å². The van der Waals surface area contributed by atoms with E-state index in [2.05, 4.69) is 28.2 Å². The Bertz CT molecular complexity index is 1140. The molecule has 0 radical (unpaired) electrons. The van der Waals surface area contributed by atoms with E-state index in [0.717, 1.165) is 32.8 Å². The Morgan fingerprint density at radius 3 is 2.87 bits per heavy atom. The number of thiophene rings is 1. The number of carbonyl (C=O) groups is 1. The zero-order chi connectivity index (χ0) is 20.9. The van der Waals surface area contributed by atoms with E-state index in [0.29, 0.717) is 30.6 Å². The van der Waals surface area contributed by atoms with Crippen molar-refractivity contribution in [1.82, 2.24) is 20.1 Å². The van der Waals surface area contributed by atoms with Crippen LogP contribution < -0.4 is 0 Å². The molecule has 0 aliphatic rings. The van der Waals surface area contributed by atoms with Gasteiger partial charge in [0.1, 0.15) is 0 Å². The number of para-hydroxylation sites is 1. The first-order chi connectivity index (χ1) is 14.6. The summed E-state index contributed by atoms with van der Waals surface area (Å²) < 4.78 is 5.76. The molecule has 1 amide bonds. The van der Waals surface area contributed by atoms with Crippen LogP contribution in [0.4, 0.5) is 0 Å². The van der Waals surface area contributed by atoms with Gasteiger partial charge in [-0.3, -0.25) is 4.79 Å². The average molecular weight is 439 g/mol. The summed E-state index contributed by atoms with van der Waals surface area (Å²) in [7, 11) is 0. The van der Waals surface area contributed by atoms with Crippen molar-refractivity contribution in [3.05, 3.63) is 59.3 Å². The van der Waals surface area contributed by atoms with Crippen molar-refractivity contribution >= 4 is 39.9 Å². The second kappa shape index (κ2) is 9.40. The van der Waals surface area contributed by atoms with Crippen LogP contribution in [0.25, 0.3) is 21.7 Å². The van der Waals surface area contributed by atoms with Crippen LogP contribution in [0.1, 0.15) is 24.8 Å². The van der Waals surface area contributed by atoms with Crippen molar-refractivity contribution in [2.45, 2.75) is 31.8 Å². The van der Waals surface area contributed by atoms with Crippen LogP contribution in [0.3, 0.4) is 0 Å². The fourth-order valence-electron chi connectivity index (χ4n) is 3.16. The SMILES string of the molecule is CCCN(Cc1nnc(-c2cccs2)o1)C(=O)CSc1cc(C)c2ccccc2n1. The van der Waals surface area contributed by atoms with Gasteiger partial charge >= 0.3 is 0 Å². The normalized spacial score (nSPS) is 11.1. The molecule has 0 bridgehead atoms. The van der Waals surface area contributed by atoms with Gasteiger partial charge in [-0.15, -0.1) is 21.5 Å². The van der Waals surface area contributed by atoms with Crippen LogP contribution in [-0.4, -0.2) is 38.3 Å². The number of carbonyl (C=O) groups excluding carboxylic acids is 1. The summed E-state index contributed by atoms with van der Waals surface area (Å²) in [6.45, 7) is 5.07. The largest absolute Gasteiger partial charge is 0.418 e. The molecule has 0 aliphatic heterocycles. The predicted octanol–water partition coefficient (Wildman–Crippen LogP) is 5.19. The molecule has 0 atom stereocenters. The predicted molar refractivity (Wildman–Crippen MR) is 121 cm³/mol. The van der Waals surface area contributed by atoms with Gasteiger partial charge in [0.25, 0.3) is 5.89 Å². The van der Waals surface area contributed by atoms with Crippen LogP contribution in [-0.2, 0) is 11.3 Å². The number of amides is 1. The lowest BCUT2D eigenvalue weighted by Gasteiger charge is -2.20. The van der Waals surface area contributed by atoms with E-state index in [1.54, 1.807) is 16.2 Å². The number of fused-ring (bicyclic) bond motifs is 1. The molecule has 0 saturated carbocycles. The molecule has 0 spiro atoms. The van der Waals surface area contributed by atoms with Gasteiger partial charge in [0.2, 0.25) is 11.8 Å². The molecule has 0 aliphatic carbocycles. The molecule has 6 nitrogen and oxygen atoms in total. The molecule has 3 aromatic heterocycles. The highest BCUT2D eigenvalue weighted by molar-refractivity contribution is 7.99. The fraction of sp³-hybridized carbons (Fsp3) is 0.273. The van der Waals surface area contributed by atoms with Crippen molar-refractivity contribution < 1.29 is 9.21 Å². The van der Waals surface area contributed by atoms with Gasteiger partial charge in [0.05, 0.1) is 27.7 Å². The van der Waals surface area contributed by atoms with Crippen molar-refractivity contribution in [2.24, 2.45) is 0 Å². The minimum absolute atomic E-state index is 0.0327. The molecule has 4 rings (SSSR count). The number of aryl methyl sites for hydroxylation is 1. The number of hydrogen-bond donors (Lipinski definition) is 0. The lowest BCUT2D eigenvalue weighted by Crippen LogP contribution is -2.32. The summed E-state index contributed by atoms with van der Waals surface area (Å²) in [4.78, 5) is 20.3. The lowest BCUT2D eigenvalue weighted by molar-refractivity contribution is -0.129. The van der Waals surface area contributed by atoms with E-state index in [1.807, 2.05) is 48.7 Å². The summed E-state index contributed by atoms with van der Waals surface area (Å²) in [5, 5.41) is 12.2. The highest BCUT2D eigenvalue weighted by atomic mass is 32.2. The number of aromatic nitrogens is 3. The molecule has 8 heteroatoms. The Kier molecular flexibility index (Phi) is 6.44. The molecule has 0 N–H and O–H groups in total. The van der Waals surface area contributed by atoms with E-state index in [4.69, 9.17) is 4.42 Å². The Labute approximate surface area is 183 Å². The number of benzene rings is 1. The monoisotopic (exact) mass is 438 g/mol. The second-order valence-corrected chi connectivity index (χ2v) is 8.82. The zero-order valence-electron chi connectivity index (χ0n) is 16.9. The van der Waals surface area contributed by atoms with Crippen molar-refractivity contribution in [3.8, 4) is 10.8 Å². The molecule has 4 aromatic rings. The first-order valence-corrected chi connectivity index (χ1v) is 11.6. The third-order valence-electron chi connectivity index (χ3n) is 4.61. The fourth-order valence-corrected chi connectivity index (χ4v) is 4.68. The van der Waals surface area contributed by atoms with Crippen LogP contribution in [0, 0.1) is 6.92 Å². The first-order valence-electron chi connectivity index (χ1n) is 9.77. The molecule has 30 heavy (non-hydrogen) atoms. The molecular formula is C22H22N4O2S2. The Balaban J connectivity index is 1.42. The zero-order valence-corrected chi connectivity index (χ0v) is 18.5. The number of hydrogen-bond acceptors (Lipinski definition) is 7. The lowest BCUT2D eigenvalue weighted by atomic mass is 10.1. The summed E-state index contributed by atoms with van der Waals surface area (Å²) in [5.41, 5.74) is 2.11. The van der Waals surface area contributed by atoms with E-state index >= 15 is 0 Å². The Hall–Kier alpha value is -2.71. The maximum Gasteiger partial charge on any atom is 0.257 e. The maximum atomic E-state index is 12.9. The van der Waals surface area contributed by atoms with E-state index < -0.39 is 0 Å². The molecule has 0 unspecified atom stereocenters. The molecular weight excluding hydrogens is 416 g/mol. The van der Waals surface area contributed by atoms with Crippen LogP contribution in [0.2, 0.25) is 0 Å². The topological polar surface area (TPSA) is 72.1 Å². The molecule has 1 aromatic carbocycles. The molecule has 0 fully saturated rings. The van der Waals surface area contributed by atoms with E-state index in [1.165, 1.54) is 11.8 Å². The highest BCUT2D eigenvalue weighted by Crippen LogP contribution is 2.25. The maximum absolute atomic E-state index is 12.9.